The average molecular weight is 158 g/mol. The SMILES string of the molecule is CNCC1(OC)CCNCC1. The van der Waals surface area contributed by atoms with Crippen LogP contribution < -0.4 is 10.6 Å². The van der Waals surface area contributed by atoms with Gasteiger partial charge in [-0.25, -0.2) is 0 Å². The van der Waals surface area contributed by atoms with Gasteiger partial charge in [0.1, 0.15) is 0 Å². The summed E-state index contributed by atoms with van der Waals surface area (Å²) in [6, 6.07) is 0. The van der Waals surface area contributed by atoms with Crippen LogP contribution in [0.1, 0.15) is 12.8 Å². The third-order valence-electron chi connectivity index (χ3n) is 2.45. The van der Waals surface area contributed by atoms with Crippen molar-refractivity contribution in [1.82, 2.24) is 10.6 Å². The highest BCUT2D eigenvalue weighted by atomic mass is 16.5. The Bertz CT molecular complexity index is 105. The minimum atomic E-state index is 0.0972. The molecule has 1 saturated heterocycles. The lowest BCUT2D eigenvalue weighted by molar-refractivity contribution is -0.0311. The molecule has 0 aromatic heterocycles. The monoisotopic (exact) mass is 158 g/mol. The summed E-state index contributed by atoms with van der Waals surface area (Å²) < 4.78 is 5.52. The largest absolute Gasteiger partial charge is 0.377 e. The zero-order valence-corrected chi connectivity index (χ0v) is 7.44. The van der Waals surface area contributed by atoms with E-state index in [0.717, 1.165) is 32.5 Å². The van der Waals surface area contributed by atoms with Gasteiger partial charge in [-0.3, -0.25) is 0 Å². The molecule has 1 rings (SSSR count). The molecule has 0 saturated carbocycles. The standard InChI is InChI=1S/C8H18N2O/c1-9-7-8(11-2)3-5-10-6-4-8/h9-10H,3-7H2,1-2H3. The number of piperidine rings is 1. The van der Waals surface area contributed by atoms with Crippen LogP contribution in [0.15, 0.2) is 0 Å². The summed E-state index contributed by atoms with van der Waals surface area (Å²) >= 11 is 0. The van der Waals surface area contributed by atoms with Crippen molar-refractivity contribution in [2.45, 2.75) is 18.4 Å². The molecule has 0 aromatic carbocycles. The molecule has 0 aliphatic carbocycles. The summed E-state index contributed by atoms with van der Waals surface area (Å²) in [5.74, 6) is 0. The van der Waals surface area contributed by atoms with Crippen LogP contribution in [-0.4, -0.2) is 39.4 Å². The molecule has 0 bridgehead atoms. The highest BCUT2D eigenvalue weighted by Gasteiger charge is 2.30. The Labute approximate surface area is 68.5 Å². The molecule has 0 atom stereocenters. The van der Waals surface area contributed by atoms with Gasteiger partial charge in [0.05, 0.1) is 5.60 Å². The van der Waals surface area contributed by atoms with Gasteiger partial charge in [0, 0.05) is 13.7 Å². The highest BCUT2D eigenvalue weighted by molar-refractivity contribution is 4.87. The number of hydrogen-bond acceptors (Lipinski definition) is 3. The first kappa shape index (κ1) is 8.97. The Morgan fingerprint density at radius 3 is 2.55 bits per heavy atom. The van der Waals surface area contributed by atoms with E-state index < -0.39 is 0 Å². The number of likely N-dealkylation sites (N-methyl/N-ethyl adjacent to an activating group) is 1. The average Bonchev–Trinajstić information content (AvgIpc) is 2.07. The Hall–Kier alpha value is -0.120. The Kier molecular flexibility index (Phi) is 3.30. The minimum absolute atomic E-state index is 0.0972. The zero-order chi connectivity index (χ0) is 8.16. The second-order valence-corrected chi connectivity index (χ2v) is 3.17. The second kappa shape index (κ2) is 4.04. The molecular weight excluding hydrogens is 140 g/mol. The topological polar surface area (TPSA) is 33.3 Å². The molecule has 1 fully saturated rings. The zero-order valence-electron chi connectivity index (χ0n) is 7.44. The number of rotatable bonds is 3. The second-order valence-electron chi connectivity index (χ2n) is 3.17. The van der Waals surface area contributed by atoms with Gasteiger partial charge < -0.3 is 15.4 Å². The van der Waals surface area contributed by atoms with E-state index in [-0.39, 0.29) is 5.60 Å². The van der Waals surface area contributed by atoms with Crippen LogP contribution in [0.25, 0.3) is 0 Å². The summed E-state index contributed by atoms with van der Waals surface area (Å²) in [5.41, 5.74) is 0.0972. The molecule has 1 aliphatic heterocycles. The van der Waals surface area contributed by atoms with Crippen molar-refractivity contribution in [3.63, 3.8) is 0 Å². The molecule has 0 spiro atoms. The van der Waals surface area contributed by atoms with Gasteiger partial charge in [-0.2, -0.15) is 0 Å². The summed E-state index contributed by atoms with van der Waals surface area (Å²) in [7, 11) is 3.78. The normalized spacial score (nSPS) is 23.5. The number of hydrogen-bond donors (Lipinski definition) is 2. The molecule has 3 heteroatoms. The third-order valence-corrected chi connectivity index (χ3v) is 2.45. The van der Waals surface area contributed by atoms with Crippen molar-refractivity contribution in [3.05, 3.63) is 0 Å². The molecule has 1 aliphatic rings. The van der Waals surface area contributed by atoms with Crippen LogP contribution in [0.5, 0.6) is 0 Å². The number of nitrogens with one attached hydrogen (secondary N) is 2. The van der Waals surface area contributed by atoms with Gasteiger partial charge in [-0.05, 0) is 33.0 Å². The van der Waals surface area contributed by atoms with Crippen molar-refractivity contribution in [3.8, 4) is 0 Å². The van der Waals surface area contributed by atoms with Crippen LogP contribution in [0.3, 0.4) is 0 Å². The highest BCUT2D eigenvalue weighted by Crippen LogP contribution is 2.20. The fourth-order valence-electron chi connectivity index (χ4n) is 1.66. The quantitative estimate of drug-likeness (QED) is 0.605. The maximum Gasteiger partial charge on any atom is 0.0826 e. The van der Waals surface area contributed by atoms with Crippen molar-refractivity contribution < 1.29 is 4.74 Å². The van der Waals surface area contributed by atoms with Crippen LogP contribution in [0, 0.1) is 0 Å². The van der Waals surface area contributed by atoms with Crippen molar-refractivity contribution in [2.75, 3.05) is 33.8 Å². The summed E-state index contributed by atoms with van der Waals surface area (Å²) in [4.78, 5) is 0. The van der Waals surface area contributed by atoms with E-state index >= 15 is 0 Å². The molecule has 0 amide bonds. The lowest BCUT2D eigenvalue weighted by Gasteiger charge is -2.36. The third kappa shape index (κ3) is 2.15. The van der Waals surface area contributed by atoms with Crippen LogP contribution in [0.4, 0.5) is 0 Å². The maximum absolute atomic E-state index is 5.52. The molecule has 1 heterocycles. The predicted molar refractivity (Wildman–Crippen MR) is 45.8 cm³/mol. The van der Waals surface area contributed by atoms with E-state index in [0.29, 0.717) is 0 Å². The minimum Gasteiger partial charge on any atom is -0.377 e. The fraction of sp³-hybridized carbons (Fsp3) is 1.00. The van der Waals surface area contributed by atoms with Crippen molar-refractivity contribution >= 4 is 0 Å². The Balaban J connectivity index is 2.42. The van der Waals surface area contributed by atoms with Gasteiger partial charge in [0.25, 0.3) is 0 Å². The molecule has 3 nitrogen and oxygen atoms in total. The Morgan fingerprint density at radius 1 is 1.45 bits per heavy atom. The van der Waals surface area contributed by atoms with E-state index in [4.69, 9.17) is 4.74 Å². The van der Waals surface area contributed by atoms with E-state index in [1.165, 1.54) is 0 Å². The van der Waals surface area contributed by atoms with E-state index in [9.17, 15) is 0 Å². The van der Waals surface area contributed by atoms with Crippen molar-refractivity contribution in [1.29, 1.82) is 0 Å². The molecule has 0 radical (unpaired) electrons. The lowest BCUT2D eigenvalue weighted by Crippen LogP contribution is -2.49. The maximum atomic E-state index is 5.52. The van der Waals surface area contributed by atoms with Gasteiger partial charge in [0.2, 0.25) is 0 Å². The fourth-order valence-corrected chi connectivity index (χ4v) is 1.66. The van der Waals surface area contributed by atoms with E-state index in [1.807, 2.05) is 14.2 Å². The van der Waals surface area contributed by atoms with Gasteiger partial charge >= 0.3 is 0 Å². The Morgan fingerprint density at radius 2 is 2.09 bits per heavy atom. The summed E-state index contributed by atoms with van der Waals surface area (Å²) in [5, 5.41) is 6.50. The van der Waals surface area contributed by atoms with Crippen molar-refractivity contribution in [2.24, 2.45) is 0 Å². The molecular formula is C8H18N2O. The summed E-state index contributed by atoms with van der Waals surface area (Å²) in [6.07, 6.45) is 2.23. The summed E-state index contributed by atoms with van der Waals surface area (Å²) in [6.45, 7) is 3.12. The molecule has 11 heavy (non-hydrogen) atoms. The first-order valence-corrected chi connectivity index (χ1v) is 4.23. The molecule has 2 N–H and O–H groups in total. The van der Waals surface area contributed by atoms with E-state index in [2.05, 4.69) is 10.6 Å². The van der Waals surface area contributed by atoms with Crippen LogP contribution in [0.2, 0.25) is 0 Å². The predicted octanol–water partition coefficient (Wildman–Crippen LogP) is -0.0256. The first-order valence-electron chi connectivity index (χ1n) is 4.23. The van der Waals surface area contributed by atoms with E-state index in [1.54, 1.807) is 0 Å². The van der Waals surface area contributed by atoms with Crippen LogP contribution in [-0.2, 0) is 4.74 Å². The first-order chi connectivity index (χ1) is 5.33. The molecule has 0 unspecified atom stereocenters. The number of ether oxygens (including phenoxy) is 1. The van der Waals surface area contributed by atoms with Gasteiger partial charge in [-0.15, -0.1) is 0 Å². The van der Waals surface area contributed by atoms with Gasteiger partial charge in [-0.1, -0.05) is 0 Å². The number of methoxy groups -OCH3 is 1. The molecule has 0 aromatic rings. The van der Waals surface area contributed by atoms with Gasteiger partial charge in [0.15, 0.2) is 0 Å². The van der Waals surface area contributed by atoms with Crippen LogP contribution >= 0.6 is 0 Å². The lowest BCUT2D eigenvalue weighted by atomic mass is 9.92. The molecule has 66 valence electrons. The smallest absolute Gasteiger partial charge is 0.0826 e.